The molecule has 0 aliphatic heterocycles. The fourth-order valence-corrected chi connectivity index (χ4v) is 3.04. The Kier molecular flexibility index (Phi) is 5.55. The zero-order chi connectivity index (χ0) is 14.4. The maximum Gasteiger partial charge on any atom is 0.0693 e. The number of ether oxygens (including phenoxy) is 1. The molecular formula is C17H28N2O. The number of methoxy groups -OCH3 is 1. The van der Waals surface area contributed by atoms with Crippen LogP contribution < -0.4 is 5.32 Å². The molecule has 1 aromatic heterocycles. The van der Waals surface area contributed by atoms with Gasteiger partial charge in [0.05, 0.1) is 5.60 Å². The molecule has 1 fully saturated rings. The van der Waals surface area contributed by atoms with E-state index in [4.69, 9.17) is 4.74 Å². The fraction of sp³-hybridized carbons (Fsp3) is 0.706. The molecule has 0 radical (unpaired) electrons. The van der Waals surface area contributed by atoms with E-state index in [1.807, 2.05) is 19.4 Å². The van der Waals surface area contributed by atoms with Crippen molar-refractivity contribution < 1.29 is 4.74 Å². The van der Waals surface area contributed by atoms with Crippen molar-refractivity contribution in [2.24, 2.45) is 0 Å². The van der Waals surface area contributed by atoms with Crippen LogP contribution in [0, 0.1) is 6.92 Å². The van der Waals surface area contributed by atoms with Gasteiger partial charge in [-0.05, 0) is 57.2 Å². The first-order valence-electron chi connectivity index (χ1n) is 7.88. The Morgan fingerprint density at radius 1 is 1.45 bits per heavy atom. The standard InChI is InChI=1S/C17H28N2O/c1-4-10-18-15(13-17(20-3)8-6-9-17)12-16-14(2)7-5-11-19-16/h5,7,11,15,18H,4,6,8-10,12-13H2,1-3H3. The fourth-order valence-electron chi connectivity index (χ4n) is 3.04. The van der Waals surface area contributed by atoms with Crippen LogP contribution in [0.4, 0.5) is 0 Å². The molecule has 0 amide bonds. The number of nitrogens with one attached hydrogen (secondary N) is 1. The lowest BCUT2D eigenvalue weighted by molar-refractivity contribution is -0.0834. The average Bonchev–Trinajstić information content (AvgIpc) is 2.42. The molecule has 0 spiro atoms. The highest BCUT2D eigenvalue weighted by molar-refractivity contribution is 5.19. The predicted octanol–water partition coefficient (Wildman–Crippen LogP) is 3.26. The van der Waals surface area contributed by atoms with Crippen LogP contribution in [-0.2, 0) is 11.2 Å². The van der Waals surface area contributed by atoms with E-state index in [0.29, 0.717) is 6.04 Å². The maximum absolute atomic E-state index is 5.79. The summed E-state index contributed by atoms with van der Waals surface area (Å²) in [5.41, 5.74) is 2.62. The lowest BCUT2D eigenvalue weighted by atomic mass is 9.75. The van der Waals surface area contributed by atoms with Crippen molar-refractivity contribution in [2.45, 2.75) is 64.0 Å². The Morgan fingerprint density at radius 3 is 2.80 bits per heavy atom. The monoisotopic (exact) mass is 276 g/mol. The molecule has 112 valence electrons. The van der Waals surface area contributed by atoms with Crippen LogP contribution in [0.25, 0.3) is 0 Å². The summed E-state index contributed by atoms with van der Waals surface area (Å²) >= 11 is 0. The van der Waals surface area contributed by atoms with Gasteiger partial charge in [0.2, 0.25) is 0 Å². The zero-order valence-electron chi connectivity index (χ0n) is 13.1. The first kappa shape index (κ1) is 15.5. The molecule has 0 aromatic carbocycles. The Hall–Kier alpha value is -0.930. The summed E-state index contributed by atoms with van der Waals surface area (Å²) in [6.45, 7) is 5.43. The molecule has 1 aliphatic carbocycles. The highest BCUT2D eigenvalue weighted by Crippen LogP contribution is 2.39. The lowest BCUT2D eigenvalue weighted by Gasteiger charge is -2.43. The molecule has 0 saturated heterocycles. The van der Waals surface area contributed by atoms with Gasteiger partial charge in [0.1, 0.15) is 0 Å². The molecule has 20 heavy (non-hydrogen) atoms. The molecule has 3 heteroatoms. The second kappa shape index (κ2) is 7.19. The molecule has 3 nitrogen and oxygen atoms in total. The number of aryl methyl sites for hydroxylation is 1. The molecular weight excluding hydrogens is 248 g/mol. The second-order valence-electron chi connectivity index (χ2n) is 6.07. The molecule has 2 rings (SSSR count). The number of rotatable bonds is 8. The van der Waals surface area contributed by atoms with Gasteiger partial charge in [0, 0.05) is 31.5 Å². The van der Waals surface area contributed by atoms with Crippen LogP contribution in [0.2, 0.25) is 0 Å². The van der Waals surface area contributed by atoms with E-state index >= 15 is 0 Å². The lowest BCUT2D eigenvalue weighted by Crippen LogP contribution is -2.47. The molecule has 1 heterocycles. The van der Waals surface area contributed by atoms with E-state index in [2.05, 4.69) is 30.2 Å². The van der Waals surface area contributed by atoms with Crippen molar-refractivity contribution >= 4 is 0 Å². The van der Waals surface area contributed by atoms with E-state index in [1.165, 1.54) is 30.5 Å². The van der Waals surface area contributed by atoms with Gasteiger partial charge in [0.25, 0.3) is 0 Å². The summed E-state index contributed by atoms with van der Waals surface area (Å²) < 4.78 is 5.79. The summed E-state index contributed by atoms with van der Waals surface area (Å²) in [6, 6.07) is 4.62. The van der Waals surface area contributed by atoms with E-state index in [1.54, 1.807) is 0 Å². The molecule has 1 aliphatic rings. The Balaban J connectivity index is 2.01. The average molecular weight is 276 g/mol. The second-order valence-corrected chi connectivity index (χ2v) is 6.07. The van der Waals surface area contributed by atoms with Gasteiger partial charge in [-0.1, -0.05) is 13.0 Å². The van der Waals surface area contributed by atoms with Crippen LogP contribution in [0.3, 0.4) is 0 Å². The molecule has 1 N–H and O–H groups in total. The normalized spacial score (nSPS) is 18.6. The topological polar surface area (TPSA) is 34.2 Å². The summed E-state index contributed by atoms with van der Waals surface area (Å²) in [7, 11) is 1.86. The highest BCUT2D eigenvalue weighted by Gasteiger charge is 2.38. The van der Waals surface area contributed by atoms with Gasteiger partial charge < -0.3 is 10.1 Å². The van der Waals surface area contributed by atoms with Crippen molar-refractivity contribution in [1.82, 2.24) is 10.3 Å². The van der Waals surface area contributed by atoms with Crippen LogP contribution in [0.5, 0.6) is 0 Å². The SMILES string of the molecule is CCCNC(Cc1ncccc1C)CC1(OC)CCC1. The van der Waals surface area contributed by atoms with Gasteiger partial charge >= 0.3 is 0 Å². The van der Waals surface area contributed by atoms with Gasteiger partial charge in [-0.15, -0.1) is 0 Å². The molecule has 1 aromatic rings. The van der Waals surface area contributed by atoms with Gasteiger partial charge in [-0.2, -0.15) is 0 Å². The minimum atomic E-state index is 0.119. The van der Waals surface area contributed by atoms with Crippen molar-refractivity contribution in [3.8, 4) is 0 Å². The van der Waals surface area contributed by atoms with Gasteiger partial charge in [-0.25, -0.2) is 0 Å². The summed E-state index contributed by atoms with van der Waals surface area (Å²) in [6.07, 6.45) is 8.87. The Labute approximate surface area is 123 Å². The summed E-state index contributed by atoms with van der Waals surface area (Å²) in [4.78, 5) is 4.55. The molecule has 0 bridgehead atoms. The van der Waals surface area contributed by atoms with Crippen LogP contribution in [-0.4, -0.2) is 30.3 Å². The maximum atomic E-state index is 5.79. The largest absolute Gasteiger partial charge is 0.378 e. The molecule has 1 atom stereocenters. The third kappa shape index (κ3) is 3.80. The Bertz CT molecular complexity index is 410. The summed E-state index contributed by atoms with van der Waals surface area (Å²) in [5.74, 6) is 0. The van der Waals surface area contributed by atoms with E-state index in [-0.39, 0.29) is 5.60 Å². The first-order chi connectivity index (χ1) is 9.69. The third-order valence-electron chi connectivity index (χ3n) is 4.56. The minimum Gasteiger partial charge on any atom is -0.378 e. The summed E-state index contributed by atoms with van der Waals surface area (Å²) in [5, 5.41) is 3.68. The van der Waals surface area contributed by atoms with Crippen molar-refractivity contribution in [2.75, 3.05) is 13.7 Å². The van der Waals surface area contributed by atoms with E-state index in [9.17, 15) is 0 Å². The van der Waals surface area contributed by atoms with Gasteiger partial charge in [0.15, 0.2) is 0 Å². The number of pyridine rings is 1. The van der Waals surface area contributed by atoms with Gasteiger partial charge in [-0.3, -0.25) is 4.98 Å². The van der Waals surface area contributed by atoms with Crippen molar-refractivity contribution in [1.29, 1.82) is 0 Å². The van der Waals surface area contributed by atoms with Crippen molar-refractivity contribution in [3.05, 3.63) is 29.6 Å². The number of hydrogen-bond acceptors (Lipinski definition) is 3. The molecule has 1 saturated carbocycles. The molecule has 1 unspecified atom stereocenters. The van der Waals surface area contributed by atoms with Crippen molar-refractivity contribution in [3.63, 3.8) is 0 Å². The predicted molar refractivity (Wildman–Crippen MR) is 83.0 cm³/mol. The van der Waals surface area contributed by atoms with Crippen LogP contribution >= 0.6 is 0 Å². The quantitative estimate of drug-likeness (QED) is 0.791. The number of hydrogen-bond donors (Lipinski definition) is 1. The highest BCUT2D eigenvalue weighted by atomic mass is 16.5. The van der Waals surface area contributed by atoms with Crippen LogP contribution in [0.1, 0.15) is 50.3 Å². The number of aromatic nitrogens is 1. The third-order valence-corrected chi connectivity index (χ3v) is 4.56. The van der Waals surface area contributed by atoms with E-state index < -0.39 is 0 Å². The van der Waals surface area contributed by atoms with E-state index in [0.717, 1.165) is 25.8 Å². The smallest absolute Gasteiger partial charge is 0.0693 e. The number of nitrogens with zero attached hydrogens (tertiary/aromatic N) is 1. The first-order valence-corrected chi connectivity index (χ1v) is 7.88. The Morgan fingerprint density at radius 2 is 2.25 bits per heavy atom. The zero-order valence-corrected chi connectivity index (χ0v) is 13.1. The van der Waals surface area contributed by atoms with Crippen LogP contribution in [0.15, 0.2) is 18.3 Å². The minimum absolute atomic E-state index is 0.119.